The van der Waals surface area contributed by atoms with Crippen LogP contribution in [0.5, 0.6) is 0 Å². The molecule has 0 radical (unpaired) electrons. The normalized spacial score (nSPS) is 19.6. The van der Waals surface area contributed by atoms with Crippen molar-refractivity contribution in [1.29, 1.82) is 0 Å². The molecule has 1 aliphatic heterocycles. The summed E-state index contributed by atoms with van der Waals surface area (Å²) < 4.78 is 0. The van der Waals surface area contributed by atoms with Gasteiger partial charge in [-0.3, -0.25) is 4.98 Å². The third kappa shape index (κ3) is 2.43. The number of likely N-dealkylation sites (N-methyl/N-ethyl adjacent to an activating group) is 1. The predicted molar refractivity (Wildman–Crippen MR) is 80.8 cm³/mol. The third-order valence-corrected chi connectivity index (χ3v) is 4.02. The number of anilines is 1. The number of pyridine rings is 1. The lowest BCUT2D eigenvalue weighted by atomic mass is 10.0. The van der Waals surface area contributed by atoms with Gasteiger partial charge in [-0.15, -0.1) is 0 Å². The van der Waals surface area contributed by atoms with E-state index in [1.165, 1.54) is 23.9 Å². The molecular formula is C16H21N3. The predicted octanol–water partition coefficient (Wildman–Crippen LogP) is 2.73. The molecule has 1 N–H and O–H groups in total. The van der Waals surface area contributed by atoms with Crippen molar-refractivity contribution in [2.75, 3.05) is 25.0 Å². The standard InChI is InChI=1S/C16H21N3/c1-12-10-16(14-7-3-4-8-15(14)18-12)19(2)13-6-5-9-17-11-13/h3-4,7-8,10,13,17H,5-6,9,11H2,1-2H3. The van der Waals surface area contributed by atoms with E-state index < -0.39 is 0 Å². The number of benzene rings is 1. The highest BCUT2D eigenvalue weighted by molar-refractivity contribution is 5.92. The van der Waals surface area contributed by atoms with Gasteiger partial charge in [-0.2, -0.15) is 0 Å². The Kier molecular flexibility index (Phi) is 3.38. The van der Waals surface area contributed by atoms with E-state index in [4.69, 9.17) is 0 Å². The molecule has 1 aromatic heterocycles. The molecule has 0 spiro atoms. The highest BCUT2D eigenvalue weighted by Crippen LogP contribution is 2.28. The van der Waals surface area contributed by atoms with Crippen LogP contribution in [0.1, 0.15) is 18.5 Å². The topological polar surface area (TPSA) is 28.2 Å². The van der Waals surface area contributed by atoms with E-state index in [0.29, 0.717) is 6.04 Å². The van der Waals surface area contributed by atoms with Crippen LogP contribution in [0.3, 0.4) is 0 Å². The smallest absolute Gasteiger partial charge is 0.0726 e. The van der Waals surface area contributed by atoms with Gasteiger partial charge in [0.1, 0.15) is 0 Å². The van der Waals surface area contributed by atoms with Gasteiger partial charge in [0.2, 0.25) is 0 Å². The van der Waals surface area contributed by atoms with Crippen LogP contribution in [0.4, 0.5) is 5.69 Å². The van der Waals surface area contributed by atoms with Gasteiger partial charge in [-0.1, -0.05) is 18.2 Å². The van der Waals surface area contributed by atoms with Crippen molar-refractivity contribution in [3.8, 4) is 0 Å². The molecule has 1 aromatic carbocycles. The second-order valence-electron chi connectivity index (χ2n) is 5.41. The van der Waals surface area contributed by atoms with Crippen LogP contribution in [-0.2, 0) is 0 Å². The molecule has 1 unspecified atom stereocenters. The summed E-state index contributed by atoms with van der Waals surface area (Å²) >= 11 is 0. The molecule has 0 bridgehead atoms. The largest absolute Gasteiger partial charge is 0.370 e. The van der Waals surface area contributed by atoms with E-state index >= 15 is 0 Å². The van der Waals surface area contributed by atoms with Crippen LogP contribution in [0.2, 0.25) is 0 Å². The minimum atomic E-state index is 0.582. The van der Waals surface area contributed by atoms with Crippen LogP contribution in [0, 0.1) is 6.92 Å². The van der Waals surface area contributed by atoms with Crippen molar-refractivity contribution in [2.24, 2.45) is 0 Å². The van der Waals surface area contributed by atoms with E-state index in [2.05, 4.69) is 59.5 Å². The average molecular weight is 255 g/mol. The molecule has 1 aliphatic rings. The molecule has 2 heterocycles. The van der Waals surface area contributed by atoms with Crippen LogP contribution >= 0.6 is 0 Å². The van der Waals surface area contributed by atoms with Crippen LogP contribution in [-0.4, -0.2) is 31.2 Å². The number of fused-ring (bicyclic) bond motifs is 1. The quantitative estimate of drug-likeness (QED) is 0.894. The number of piperidine rings is 1. The van der Waals surface area contributed by atoms with Gasteiger partial charge in [0.15, 0.2) is 0 Å². The second kappa shape index (κ2) is 5.17. The molecule has 1 saturated heterocycles. The molecule has 0 saturated carbocycles. The zero-order valence-electron chi connectivity index (χ0n) is 11.7. The lowest BCUT2D eigenvalue weighted by Gasteiger charge is -2.34. The number of hydrogen-bond donors (Lipinski definition) is 1. The number of aromatic nitrogens is 1. The Labute approximate surface area is 114 Å². The molecule has 0 aliphatic carbocycles. The number of aryl methyl sites for hydroxylation is 1. The summed E-state index contributed by atoms with van der Waals surface area (Å²) in [5.74, 6) is 0. The second-order valence-corrected chi connectivity index (χ2v) is 5.41. The zero-order chi connectivity index (χ0) is 13.2. The van der Waals surface area contributed by atoms with Gasteiger partial charge in [0.25, 0.3) is 0 Å². The van der Waals surface area contributed by atoms with Crippen molar-refractivity contribution in [1.82, 2.24) is 10.3 Å². The molecule has 100 valence electrons. The molecule has 2 aromatic rings. The van der Waals surface area contributed by atoms with Gasteiger partial charge in [0, 0.05) is 36.4 Å². The average Bonchev–Trinajstić information content (AvgIpc) is 2.46. The third-order valence-electron chi connectivity index (χ3n) is 4.02. The SMILES string of the molecule is Cc1cc(N(C)C2CCCNC2)c2ccccc2n1. The zero-order valence-corrected chi connectivity index (χ0v) is 11.7. The molecule has 19 heavy (non-hydrogen) atoms. The number of para-hydroxylation sites is 1. The molecular weight excluding hydrogens is 234 g/mol. The van der Waals surface area contributed by atoms with Crippen LogP contribution in [0.15, 0.2) is 30.3 Å². The highest BCUT2D eigenvalue weighted by Gasteiger charge is 2.19. The fraction of sp³-hybridized carbons (Fsp3) is 0.438. The molecule has 1 fully saturated rings. The molecule has 3 rings (SSSR count). The summed E-state index contributed by atoms with van der Waals surface area (Å²) in [7, 11) is 2.21. The number of rotatable bonds is 2. The Morgan fingerprint density at radius 2 is 2.16 bits per heavy atom. The van der Waals surface area contributed by atoms with E-state index in [1.807, 2.05) is 0 Å². The lowest BCUT2D eigenvalue weighted by Crippen LogP contribution is -2.44. The molecule has 3 nitrogen and oxygen atoms in total. The first-order valence-electron chi connectivity index (χ1n) is 7.05. The summed E-state index contributed by atoms with van der Waals surface area (Å²) in [6.07, 6.45) is 2.52. The first kappa shape index (κ1) is 12.4. The number of hydrogen-bond acceptors (Lipinski definition) is 3. The first-order valence-corrected chi connectivity index (χ1v) is 7.05. The molecule has 1 atom stereocenters. The van der Waals surface area contributed by atoms with Gasteiger partial charge in [-0.05, 0) is 38.4 Å². The van der Waals surface area contributed by atoms with Crippen LogP contribution < -0.4 is 10.2 Å². The Morgan fingerprint density at radius 1 is 1.32 bits per heavy atom. The lowest BCUT2D eigenvalue weighted by molar-refractivity contribution is 0.445. The van der Waals surface area contributed by atoms with Crippen molar-refractivity contribution in [2.45, 2.75) is 25.8 Å². The van der Waals surface area contributed by atoms with Crippen molar-refractivity contribution in [3.05, 3.63) is 36.0 Å². The maximum atomic E-state index is 4.62. The van der Waals surface area contributed by atoms with Gasteiger partial charge < -0.3 is 10.2 Å². The fourth-order valence-corrected chi connectivity index (χ4v) is 2.94. The van der Waals surface area contributed by atoms with Gasteiger partial charge in [0.05, 0.1) is 5.52 Å². The maximum Gasteiger partial charge on any atom is 0.0726 e. The summed E-state index contributed by atoms with van der Waals surface area (Å²) in [6.45, 7) is 4.30. The highest BCUT2D eigenvalue weighted by atomic mass is 15.2. The van der Waals surface area contributed by atoms with Crippen LogP contribution in [0.25, 0.3) is 10.9 Å². The summed E-state index contributed by atoms with van der Waals surface area (Å²) in [4.78, 5) is 7.04. The summed E-state index contributed by atoms with van der Waals surface area (Å²) in [5.41, 5.74) is 3.48. The summed E-state index contributed by atoms with van der Waals surface area (Å²) in [5, 5.41) is 4.74. The number of nitrogens with one attached hydrogen (secondary N) is 1. The van der Waals surface area contributed by atoms with Crippen molar-refractivity contribution >= 4 is 16.6 Å². The maximum absolute atomic E-state index is 4.62. The Morgan fingerprint density at radius 3 is 2.95 bits per heavy atom. The Balaban J connectivity index is 2.03. The van der Waals surface area contributed by atoms with E-state index in [-0.39, 0.29) is 0 Å². The number of nitrogens with zero attached hydrogens (tertiary/aromatic N) is 2. The Bertz CT molecular complexity index is 573. The van der Waals surface area contributed by atoms with E-state index in [1.54, 1.807) is 0 Å². The first-order chi connectivity index (χ1) is 9.25. The van der Waals surface area contributed by atoms with E-state index in [0.717, 1.165) is 24.3 Å². The minimum Gasteiger partial charge on any atom is -0.370 e. The van der Waals surface area contributed by atoms with Crippen molar-refractivity contribution in [3.63, 3.8) is 0 Å². The molecule has 0 amide bonds. The van der Waals surface area contributed by atoms with Crippen molar-refractivity contribution < 1.29 is 0 Å². The fourth-order valence-electron chi connectivity index (χ4n) is 2.94. The van der Waals surface area contributed by atoms with Gasteiger partial charge in [-0.25, -0.2) is 0 Å². The van der Waals surface area contributed by atoms with Gasteiger partial charge >= 0.3 is 0 Å². The molecule has 3 heteroatoms. The monoisotopic (exact) mass is 255 g/mol. The minimum absolute atomic E-state index is 0.582. The summed E-state index contributed by atoms with van der Waals surface area (Å²) in [6, 6.07) is 11.2. The van der Waals surface area contributed by atoms with E-state index in [9.17, 15) is 0 Å². The Hall–Kier alpha value is -1.61.